The third-order valence-corrected chi connectivity index (χ3v) is 5.38. The monoisotopic (exact) mass is 395 g/mol. The number of aromatic nitrogens is 4. The van der Waals surface area contributed by atoms with E-state index >= 15 is 0 Å². The van der Waals surface area contributed by atoms with Crippen LogP contribution in [0.15, 0.2) is 48.8 Å². The zero-order chi connectivity index (χ0) is 20.2. The van der Waals surface area contributed by atoms with Crippen LogP contribution < -0.4 is 0 Å². The Balaban J connectivity index is 1.43. The van der Waals surface area contributed by atoms with Crippen molar-refractivity contribution in [1.29, 1.82) is 0 Å². The molecule has 1 aromatic heterocycles. The minimum Gasteiger partial charge on any atom is -0.507 e. The minimum absolute atomic E-state index is 0.0553. The lowest BCUT2D eigenvalue weighted by Crippen LogP contribution is -2.40. The van der Waals surface area contributed by atoms with Gasteiger partial charge in [-0.15, -0.1) is 5.10 Å². The molecule has 0 bridgehead atoms. The van der Waals surface area contributed by atoms with E-state index < -0.39 is 0 Å². The van der Waals surface area contributed by atoms with E-state index in [1.54, 1.807) is 17.0 Å². The number of benzene rings is 2. The van der Waals surface area contributed by atoms with Gasteiger partial charge in [-0.1, -0.05) is 12.1 Å². The van der Waals surface area contributed by atoms with Crippen molar-refractivity contribution in [3.63, 3.8) is 0 Å². The SMILES string of the molecule is O=C(c1cc(-n2cnnn2)ccc1O)N1CCC[C@H](CCc2ccc(F)cc2)C1. The van der Waals surface area contributed by atoms with Crippen LogP contribution in [0.3, 0.4) is 0 Å². The molecule has 1 saturated heterocycles. The summed E-state index contributed by atoms with van der Waals surface area (Å²) in [7, 11) is 0. The molecule has 0 spiro atoms. The second kappa shape index (κ2) is 8.38. The number of hydrogen-bond donors (Lipinski definition) is 1. The molecule has 7 nitrogen and oxygen atoms in total. The lowest BCUT2D eigenvalue weighted by molar-refractivity contribution is 0.0665. The van der Waals surface area contributed by atoms with E-state index in [2.05, 4.69) is 15.5 Å². The second-order valence-corrected chi connectivity index (χ2v) is 7.38. The first kappa shape index (κ1) is 19.0. The Kier molecular flexibility index (Phi) is 5.50. The molecular weight excluding hydrogens is 373 g/mol. The molecule has 0 unspecified atom stereocenters. The van der Waals surface area contributed by atoms with Crippen LogP contribution >= 0.6 is 0 Å². The summed E-state index contributed by atoms with van der Waals surface area (Å²) in [6, 6.07) is 11.3. The van der Waals surface area contributed by atoms with Crippen LogP contribution in [0.1, 0.15) is 35.2 Å². The van der Waals surface area contributed by atoms with Crippen molar-refractivity contribution in [1.82, 2.24) is 25.1 Å². The van der Waals surface area contributed by atoms with Gasteiger partial charge in [-0.25, -0.2) is 9.07 Å². The smallest absolute Gasteiger partial charge is 0.257 e. The molecule has 1 N–H and O–H groups in total. The third kappa shape index (κ3) is 4.42. The molecule has 3 aromatic rings. The summed E-state index contributed by atoms with van der Waals surface area (Å²) in [6.07, 6.45) is 5.21. The van der Waals surface area contributed by atoms with Gasteiger partial charge in [0.1, 0.15) is 17.9 Å². The maximum absolute atomic E-state index is 13.1. The highest BCUT2D eigenvalue weighted by molar-refractivity contribution is 5.97. The lowest BCUT2D eigenvalue weighted by Gasteiger charge is -2.33. The van der Waals surface area contributed by atoms with Crippen LogP contribution in [-0.2, 0) is 6.42 Å². The number of likely N-dealkylation sites (tertiary alicyclic amines) is 1. The molecule has 0 aliphatic carbocycles. The first-order valence-electron chi connectivity index (χ1n) is 9.70. The summed E-state index contributed by atoms with van der Waals surface area (Å²) in [6.45, 7) is 1.31. The Labute approximate surface area is 167 Å². The molecule has 0 radical (unpaired) electrons. The summed E-state index contributed by atoms with van der Waals surface area (Å²) in [5, 5.41) is 21.3. The zero-order valence-electron chi connectivity index (χ0n) is 15.9. The van der Waals surface area contributed by atoms with E-state index in [-0.39, 0.29) is 23.0 Å². The Hall–Kier alpha value is -3.29. The van der Waals surface area contributed by atoms with Gasteiger partial charge in [-0.2, -0.15) is 0 Å². The highest BCUT2D eigenvalue weighted by Crippen LogP contribution is 2.27. The second-order valence-electron chi connectivity index (χ2n) is 7.38. The average Bonchev–Trinajstić information content (AvgIpc) is 3.28. The Morgan fingerprint density at radius 2 is 2.03 bits per heavy atom. The van der Waals surface area contributed by atoms with Gasteiger partial charge < -0.3 is 10.0 Å². The molecule has 1 aliphatic heterocycles. The number of amides is 1. The van der Waals surface area contributed by atoms with Crippen molar-refractivity contribution in [3.8, 4) is 11.4 Å². The van der Waals surface area contributed by atoms with E-state index in [4.69, 9.17) is 0 Å². The van der Waals surface area contributed by atoms with Crippen LogP contribution in [0, 0.1) is 11.7 Å². The largest absolute Gasteiger partial charge is 0.507 e. The number of carbonyl (C=O) groups is 1. The highest BCUT2D eigenvalue weighted by atomic mass is 19.1. The molecule has 4 rings (SSSR count). The van der Waals surface area contributed by atoms with Gasteiger partial charge in [0.25, 0.3) is 5.91 Å². The zero-order valence-corrected chi connectivity index (χ0v) is 15.9. The van der Waals surface area contributed by atoms with Gasteiger partial charge in [0.05, 0.1) is 11.3 Å². The number of phenolic OH excluding ortho intramolecular Hbond substituents is 1. The Morgan fingerprint density at radius 3 is 2.79 bits per heavy atom. The van der Waals surface area contributed by atoms with Crippen LogP contribution in [-0.4, -0.2) is 49.2 Å². The summed E-state index contributed by atoms with van der Waals surface area (Å²) in [4.78, 5) is 14.9. The van der Waals surface area contributed by atoms with E-state index in [1.807, 2.05) is 12.1 Å². The number of piperidine rings is 1. The molecule has 2 aromatic carbocycles. The van der Waals surface area contributed by atoms with Gasteiger partial charge in [-0.3, -0.25) is 4.79 Å². The van der Waals surface area contributed by atoms with Crippen molar-refractivity contribution in [3.05, 3.63) is 65.7 Å². The van der Waals surface area contributed by atoms with Crippen LogP contribution in [0.5, 0.6) is 5.75 Å². The average molecular weight is 395 g/mol. The molecule has 1 fully saturated rings. The molecule has 1 atom stereocenters. The fourth-order valence-corrected chi connectivity index (χ4v) is 3.79. The molecular formula is C21H22FN5O2. The van der Waals surface area contributed by atoms with Crippen molar-refractivity contribution in [2.45, 2.75) is 25.7 Å². The Morgan fingerprint density at radius 1 is 1.21 bits per heavy atom. The molecule has 150 valence electrons. The fraction of sp³-hybridized carbons (Fsp3) is 0.333. The van der Waals surface area contributed by atoms with E-state index in [0.29, 0.717) is 24.7 Å². The highest BCUT2D eigenvalue weighted by Gasteiger charge is 2.26. The minimum atomic E-state index is -0.230. The van der Waals surface area contributed by atoms with Crippen molar-refractivity contribution >= 4 is 5.91 Å². The Bertz CT molecular complexity index is 975. The lowest BCUT2D eigenvalue weighted by atomic mass is 9.91. The maximum Gasteiger partial charge on any atom is 0.257 e. The van der Waals surface area contributed by atoms with Crippen molar-refractivity contribution in [2.75, 3.05) is 13.1 Å². The first-order chi connectivity index (χ1) is 14.1. The molecule has 8 heteroatoms. The van der Waals surface area contributed by atoms with Crippen molar-refractivity contribution in [2.24, 2.45) is 5.92 Å². The molecule has 1 aliphatic rings. The predicted molar refractivity (Wildman–Crippen MR) is 104 cm³/mol. The van der Waals surface area contributed by atoms with Crippen LogP contribution in [0.4, 0.5) is 4.39 Å². The van der Waals surface area contributed by atoms with Crippen LogP contribution in [0.2, 0.25) is 0 Å². The summed E-state index contributed by atoms with van der Waals surface area (Å²) in [5.41, 5.74) is 1.96. The quantitative estimate of drug-likeness (QED) is 0.718. The van der Waals surface area contributed by atoms with E-state index in [9.17, 15) is 14.3 Å². The number of aromatic hydroxyl groups is 1. The van der Waals surface area contributed by atoms with Gasteiger partial charge in [0.15, 0.2) is 0 Å². The number of hydrogen-bond acceptors (Lipinski definition) is 5. The number of carbonyl (C=O) groups excluding carboxylic acids is 1. The van der Waals surface area contributed by atoms with Gasteiger partial charge in [-0.05, 0) is 77.9 Å². The molecule has 1 amide bonds. The topological polar surface area (TPSA) is 84.1 Å². The van der Waals surface area contributed by atoms with E-state index in [0.717, 1.165) is 31.2 Å². The van der Waals surface area contributed by atoms with Crippen molar-refractivity contribution < 1.29 is 14.3 Å². The molecule has 2 heterocycles. The number of aryl methyl sites for hydroxylation is 1. The molecule has 29 heavy (non-hydrogen) atoms. The predicted octanol–water partition coefficient (Wildman–Crippen LogP) is 2.99. The number of tetrazole rings is 1. The number of phenols is 1. The van der Waals surface area contributed by atoms with Gasteiger partial charge in [0, 0.05) is 13.1 Å². The van der Waals surface area contributed by atoms with Crippen LogP contribution in [0.25, 0.3) is 5.69 Å². The number of rotatable bonds is 5. The maximum atomic E-state index is 13.1. The number of halogens is 1. The fourth-order valence-electron chi connectivity index (χ4n) is 3.79. The van der Waals surface area contributed by atoms with Gasteiger partial charge in [0.2, 0.25) is 0 Å². The summed E-state index contributed by atoms with van der Waals surface area (Å²) >= 11 is 0. The standard InChI is InChI=1S/C21H22FN5O2/c22-17-7-5-15(6-8-17)3-4-16-2-1-11-26(13-16)21(29)19-12-18(9-10-20(19)28)27-14-23-24-25-27/h5-10,12,14,16,28H,1-4,11,13H2/t16-/m1/s1. The first-order valence-corrected chi connectivity index (χ1v) is 9.70. The summed E-state index contributed by atoms with van der Waals surface area (Å²) in [5.74, 6) is -0.0985. The third-order valence-electron chi connectivity index (χ3n) is 5.38. The van der Waals surface area contributed by atoms with E-state index in [1.165, 1.54) is 29.2 Å². The summed E-state index contributed by atoms with van der Waals surface area (Å²) < 4.78 is 14.5. The molecule has 0 saturated carbocycles. The van der Waals surface area contributed by atoms with Gasteiger partial charge >= 0.3 is 0 Å². The number of nitrogens with zero attached hydrogens (tertiary/aromatic N) is 5. The normalized spacial score (nSPS) is 16.7.